The van der Waals surface area contributed by atoms with E-state index in [9.17, 15) is 4.79 Å². The third kappa shape index (κ3) is 4.72. The summed E-state index contributed by atoms with van der Waals surface area (Å²) in [6.07, 6.45) is 1.49. The molecule has 0 aliphatic heterocycles. The van der Waals surface area contributed by atoms with E-state index >= 15 is 0 Å². The fourth-order valence-electron chi connectivity index (χ4n) is 2.70. The van der Waals surface area contributed by atoms with Crippen molar-refractivity contribution in [2.45, 2.75) is 24.8 Å². The smallest absolute Gasteiger partial charge is 0.257 e. The van der Waals surface area contributed by atoms with Gasteiger partial charge in [-0.15, -0.1) is 11.3 Å². The molecule has 2 aromatic heterocycles. The number of carbonyl (C=O) groups excluding carboxylic acids is 1. The molecule has 8 heteroatoms. The molecule has 4 rings (SSSR count). The highest BCUT2D eigenvalue weighted by Gasteiger charge is 2.11. The van der Waals surface area contributed by atoms with Gasteiger partial charge < -0.3 is 0 Å². The van der Waals surface area contributed by atoms with E-state index in [4.69, 9.17) is 0 Å². The van der Waals surface area contributed by atoms with Crippen LogP contribution in [0.15, 0.2) is 59.3 Å². The lowest BCUT2D eigenvalue weighted by atomic mass is 10.1. The lowest BCUT2D eigenvalue weighted by Gasteiger charge is -2.04. The molecule has 2 heterocycles. The van der Waals surface area contributed by atoms with Crippen LogP contribution in [0.5, 0.6) is 0 Å². The Bertz CT molecular complexity index is 1120. The molecule has 0 saturated carbocycles. The van der Waals surface area contributed by atoms with Gasteiger partial charge in [0.15, 0.2) is 10.3 Å². The number of aromatic amines is 1. The molecule has 2 N–H and O–H groups in total. The van der Waals surface area contributed by atoms with Gasteiger partial charge in [0.2, 0.25) is 0 Å². The summed E-state index contributed by atoms with van der Waals surface area (Å²) in [7, 11) is 0. The van der Waals surface area contributed by atoms with E-state index < -0.39 is 0 Å². The Labute approximate surface area is 176 Å². The van der Waals surface area contributed by atoms with Crippen molar-refractivity contribution in [3.8, 4) is 11.3 Å². The Morgan fingerprint density at radius 1 is 1.14 bits per heavy atom. The first-order valence-corrected chi connectivity index (χ1v) is 10.9. The third-order valence-electron chi connectivity index (χ3n) is 4.51. The highest BCUT2D eigenvalue weighted by Crippen LogP contribution is 2.27. The summed E-state index contributed by atoms with van der Waals surface area (Å²) in [5.41, 5.74) is 6.10. The molecule has 6 nitrogen and oxygen atoms in total. The second-order valence-electron chi connectivity index (χ2n) is 6.57. The number of nitrogens with one attached hydrogen (secondary N) is 2. The third-order valence-corrected chi connectivity index (χ3v) is 6.22. The number of rotatable bonds is 6. The van der Waals surface area contributed by atoms with Crippen molar-refractivity contribution < 1.29 is 4.79 Å². The van der Waals surface area contributed by atoms with Gasteiger partial charge in [-0.1, -0.05) is 36.0 Å². The Hall–Kier alpha value is -2.97. The van der Waals surface area contributed by atoms with E-state index in [1.165, 1.54) is 28.8 Å². The van der Waals surface area contributed by atoms with Crippen molar-refractivity contribution in [3.05, 3.63) is 76.4 Å². The minimum absolute atomic E-state index is 0.166. The lowest BCUT2D eigenvalue weighted by molar-refractivity contribution is 0.102. The predicted molar refractivity (Wildman–Crippen MR) is 117 cm³/mol. The van der Waals surface area contributed by atoms with Gasteiger partial charge in [0, 0.05) is 22.3 Å². The standard InChI is InChI=1S/C21H19N5OS2/c1-13-3-6-17(9-14(13)2)18-11-29-21(24-18)25-19(27)16-7-4-15(5-8-16)10-28-20-22-12-23-26-20/h3-9,11-12H,10H2,1-2H3,(H,22,23,26)(H,24,25,27). The molecule has 0 radical (unpaired) electrons. The lowest BCUT2D eigenvalue weighted by Crippen LogP contribution is -2.11. The summed E-state index contributed by atoms with van der Waals surface area (Å²) in [5, 5.41) is 12.9. The molecule has 2 aromatic carbocycles. The Kier molecular flexibility index (Phi) is 5.73. The number of benzene rings is 2. The van der Waals surface area contributed by atoms with Gasteiger partial charge in [0.05, 0.1) is 5.69 Å². The van der Waals surface area contributed by atoms with Crippen LogP contribution < -0.4 is 5.32 Å². The van der Waals surface area contributed by atoms with Gasteiger partial charge in [-0.2, -0.15) is 5.10 Å². The van der Waals surface area contributed by atoms with E-state index in [0.29, 0.717) is 10.7 Å². The maximum absolute atomic E-state index is 12.5. The van der Waals surface area contributed by atoms with E-state index in [1.807, 2.05) is 29.6 Å². The van der Waals surface area contributed by atoms with Crippen molar-refractivity contribution in [1.82, 2.24) is 20.2 Å². The van der Waals surface area contributed by atoms with E-state index in [2.05, 4.69) is 57.5 Å². The van der Waals surface area contributed by atoms with Crippen LogP contribution in [0.2, 0.25) is 0 Å². The van der Waals surface area contributed by atoms with Crippen LogP contribution in [0.25, 0.3) is 11.3 Å². The topological polar surface area (TPSA) is 83.6 Å². The maximum atomic E-state index is 12.5. The molecule has 0 saturated heterocycles. The van der Waals surface area contributed by atoms with Gasteiger partial charge in [-0.25, -0.2) is 9.97 Å². The quantitative estimate of drug-likeness (QED) is 0.424. The number of H-pyrrole nitrogens is 1. The first-order valence-electron chi connectivity index (χ1n) is 9.00. The van der Waals surface area contributed by atoms with Crippen LogP contribution in [0.3, 0.4) is 0 Å². The monoisotopic (exact) mass is 421 g/mol. The molecule has 0 fully saturated rings. The van der Waals surface area contributed by atoms with Crippen LogP contribution in [-0.4, -0.2) is 26.1 Å². The Balaban J connectivity index is 1.39. The van der Waals surface area contributed by atoms with Gasteiger partial charge >= 0.3 is 0 Å². The molecular formula is C21H19N5OS2. The molecule has 0 bridgehead atoms. The summed E-state index contributed by atoms with van der Waals surface area (Å²) >= 11 is 2.99. The molecule has 146 valence electrons. The van der Waals surface area contributed by atoms with E-state index in [-0.39, 0.29) is 5.91 Å². The predicted octanol–water partition coefficient (Wildman–Crippen LogP) is 5.09. The van der Waals surface area contributed by atoms with Gasteiger partial charge in [0.25, 0.3) is 5.91 Å². The number of thiazole rings is 1. The summed E-state index contributed by atoms with van der Waals surface area (Å²) in [6.45, 7) is 4.17. The molecular weight excluding hydrogens is 402 g/mol. The number of anilines is 1. The van der Waals surface area contributed by atoms with Gasteiger partial charge in [-0.3, -0.25) is 15.2 Å². The van der Waals surface area contributed by atoms with Crippen LogP contribution in [0, 0.1) is 13.8 Å². The minimum atomic E-state index is -0.166. The Morgan fingerprint density at radius 2 is 1.97 bits per heavy atom. The van der Waals surface area contributed by atoms with E-state index in [1.54, 1.807) is 11.8 Å². The number of amides is 1. The highest BCUT2D eigenvalue weighted by atomic mass is 32.2. The van der Waals surface area contributed by atoms with Crippen LogP contribution in [-0.2, 0) is 5.75 Å². The SMILES string of the molecule is Cc1ccc(-c2csc(NC(=O)c3ccc(CSc4ncn[nH]4)cc3)n2)cc1C. The summed E-state index contributed by atoms with van der Waals surface area (Å²) < 4.78 is 0. The normalized spacial score (nSPS) is 10.8. The number of thioether (sulfide) groups is 1. The molecule has 0 unspecified atom stereocenters. The van der Waals surface area contributed by atoms with Crippen molar-refractivity contribution in [2.24, 2.45) is 0 Å². The number of hydrogen-bond acceptors (Lipinski definition) is 6. The highest BCUT2D eigenvalue weighted by molar-refractivity contribution is 7.98. The average Bonchev–Trinajstić information content (AvgIpc) is 3.41. The van der Waals surface area contributed by atoms with Crippen molar-refractivity contribution in [2.75, 3.05) is 5.32 Å². The van der Waals surface area contributed by atoms with Crippen molar-refractivity contribution >= 4 is 34.1 Å². The largest absolute Gasteiger partial charge is 0.298 e. The molecule has 0 aliphatic rings. The molecule has 4 aromatic rings. The maximum Gasteiger partial charge on any atom is 0.257 e. The number of aromatic nitrogens is 4. The number of carbonyl (C=O) groups is 1. The molecule has 1 amide bonds. The van der Waals surface area contributed by atoms with Crippen molar-refractivity contribution in [3.63, 3.8) is 0 Å². The Morgan fingerprint density at radius 3 is 2.69 bits per heavy atom. The minimum Gasteiger partial charge on any atom is -0.298 e. The fraction of sp³-hybridized carbons (Fsp3) is 0.143. The van der Waals surface area contributed by atoms with Crippen LogP contribution in [0.4, 0.5) is 5.13 Å². The number of nitrogens with zero attached hydrogens (tertiary/aromatic N) is 3. The summed E-state index contributed by atoms with van der Waals surface area (Å²) in [5.74, 6) is 0.587. The molecule has 0 aliphatic carbocycles. The van der Waals surface area contributed by atoms with Crippen LogP contribution >= 0.6 is 23.1 Å². The van der Waals surface area contributed by atoms with Gasteiger partial charge in [0.1, 0.15) is 6.33 Å². The first-order chi connectivity index (χ1) is 14.1. The summed E-state index contributed by atoms with van der Waals surface area (Å²) in [4.78, 5) is 21.2. The second kappa shape index (κ2) is 8.59. The zero-order valence-electron chi connectivity index (χ0n) is 16.0. The van der Waals surface area contributed by atoms with Gasteiger partial charge in [-0.05, 0) is 48.7 Å². The van der Waals surface area contributed by atoms with Crippen molar-refractivity contribution in [1.29, 1.82) is 0 Å². The number of hydrogen-bond donors (Lipinski definition) is 2. The molecule has 29 heavy (non-hydrogen) atoms. The molecule has 0 atom stereocenters. The number of aryl methyl sites for hydroxylation is 2. The van der Waals surface area contributed by atoms with E-state index in [0.717, 1.165) is 27.7 Å². The van der Waals surface area contributed by atoms with Crippen LogP contribution in [0.1, 0.15) is 27.0 Å². The fourth-order valence-corrected chi connectivity index (χ4v) is 4.15. The molecule has 0 spiro atoms. The zero-order chi connectivity index (χ0) is 20.2. The second-order valence-corrected chi connectivity index (χ2v) is 8.39. The first kappa shape index (κ1) is 19.4. The average molecular weight is 422 g/mol. The zero-order valence-corrected chi connectivity index (χ0v) is 17.6. The summed E-state index contributed by atoms with van der Waals surface area (Å²) in [6, 6.07) is 13.8.